The lowest BCUT2D eigenvalue weighted by atomic mass is 10.2. The number of esters is 1. The monoisotopic (exact) mass is 328 g/mol. The van der Waals surface area contributed by atoms with Crippen LogP contribution in [0.2, 0.25) is 0 Å². The zero-order valence-corrected chi connectivity index (χ0v) is 13.2. The topological polar surface area (TPSA) is 110 Å². The highest BCUT2D eigenvalue weighted by Crippen LogP contribution is 2.12. The number of rotatable bonds is 3. The molecule has 24 heavy (non-hydrogen) atoms. The average Bonchev–Trinajstić information content (AvgIpc) is 2.58. The van der Waals surface area contributed by atoms with E-state index in [0.717, 1.165) is 5.56 Å². The number of methoxy groups -OCH3 is 1. The van der Waals surface area contributed by atoms with Crippen LogP contribution in [0.25, 0.3) is 16.7 Å². The molecule has 0 aromatic carbocycles. The Morgan fingerprint density at radius 2 is 2.17 bits per heavy atom. The molecule has 0 unspecified atom stereocenters. The van der Waals surface area contributed by atoms with Gasteiger partial charge in [-0.25, -0.2) is 9.78 Å². The van der Waals surface area contributed by atoms with Crippen LogP contribution < -0.4 is 11.0 Å². The Hall–Kier alpha value is -3.00. The quantitative estimate of drug-likeness (QED) is 0.528. The number of aliphatic hydroxyl groups is 1. The predicted octanol–water partition coefficient (Wildman–Crippen LogP) is 0.216. The molecule has 0 atom stereocenters. The molecule has 3 rings (SSSR count). The second-order valence-electron chi connectivity index (χ2n) is 5.31. The van der Waals surface area contributed by atoms with Gasteiger partial charge in [0.15, 0.2) is 0 Å². The van der Waals surface area contributed by atoms with Crippen LogP contribution in [0.5, 0.6) is 0 Å². The molecule has 0 amide bonds. The van der Waals surface area contributed by atoms with Crippen molar-refractivity contribution in [1.29, 1.82) is 5.41 Å². The first kappa shape index (κ1) is 15.9. The Bertz CT molecular complexity index is 1080. The van der Waals surface area contributed by atoms with Crippen molar-refractivity contribution in [2.45, 2.75) is 13.5 Å². The smallest absolute Gasteiger partial charge is 0.341 e. The third kappa shape index (κ3) is 2.28. The fraction of sp³-hybridized carbons (Fsp3) is 0.250. The third-order valence-electron chi connectivity index (χ3n) is 3.86. The number of carbonyl (C=O) groups excluding carboxylic acids is 1. The molecule has 8 heteroatoms. The van der Waals surface area contributed by atoms with Gasteiger partial charge in [0, 0.05) is 12.7 Å². The lowest BCUT2D eigenvalue weighted by molar-refractivity contribution is 0.0597. The summed E-state index contributed by atoms with van der Waals surface area (Å²) in [5, 5.41) is 17.7. The van der Waals surface area contributed by atoms with E-state index in [-0.39, 0.29) is 40.8 Å². The Labute approximate surface area is 136 Å². The summed E-state index contributed by atoms with van der Waals surface area (Å²) in [7, 11) is 1.21. The molecular formula is C16H16N4O4. The molecular weight excluding hydrogens is 312 g/mol. The van der Waals surface area contributed by atoms with E-state index in [9.17, 15) is 14.7 Å². The number of carbonyl (C=O) groups is 1. The second kappa shape index (κ2) is 5.89. The summed E-state index contributed by atoms with van der Waals surface area (Å²) in [6.45, 7) is 1.61. The van der Waals surface area contributed by atoms with Gasteiger partial charge < -0.3 is 14.4 Å². The summed E-state index contributed by atoms with van der Waals surface area (Å²) in [6.07, 6.45) is 1.60. The van der Waals surface area contributed by atoms with E-state index in [1.165, 1.54) is 22.1 Å². The zero-order chi connectivity index (χ0) is 17.4. The molecule has 0 spiro atoms. The van der Waals surface area contributed by atoms with Gasteiger partial charge in [-0.1, -0.05) is 6.07 Å². The molecule has 3 aromatic rings. The lowest BCUT2D eigenvalue weighted by Gasteiger charge is -2.13. The number of fused-ring (bicyclic) bond motifs is 2. The van der Waals surface area contributed by atoms with Crippen molar-refractivity contribution in [2.24, 2.45) is 0 Å². The molecule has 0 saturated heterocycles. The van der Waals surface area contributed by atoms with Gasteiger partial charge in [-0.3, -0.25) is 14.6 Å². The van der Waals surface area contributed by atoms with Crippen LogP contribution in [-0.2, 0) is 11.3 Å². The Morgan fingerprint density at radius 1 is 1.42 bits per heavy atom. The van der Waals surface area contributed by atoms with Crippen molar-refractivity contribution in [2.75, 3.05) is 13.7 Å². The van der Waals surface area contributed by atoms with E-state index in [1.807, 2.05) is 13.0 Å². The molecule has 0 aliphatic heterocycles. The Morgan fingerprint density at radius 3 is 2.83 bits per heavy atom. The maximum Gasteiger partial charge on any atom is 0.341 e. The first-order chi connectivity index (χ1) is 11.5. The summed E-state index contributed by atoms with van der Waals surface area (Å²) < 4.78 is 7.42. The molecule has 3 heterocycles. The van der Waals surface area contributed by atoms with E-state index in [0.29, 0.717) is 5.65 Å². The van der Waals surface area contributed by atoms with Gasteiger partial charge in [0.1, 0.15) is 22.3 Å². The van der Waals surface area contributed by atoms with Crippen LogP contribution in [0.1, 0.15) is 15.9 Å². The van der Waals surface area contributed by atoms with E-state index in [2.05, 4.69) is 9.72 Å². The highest BCUT2D eigenvalue weighted by atomic mass is 16.5. The molecule has 3 aromatic heterocycles. The van der Waals surface area contributed by atoms with Crippen molar-refractivity contribution < 1.29 is 14.6 Å². The normalized spacial score (nSPS) is 11.1. The fourth-order valence-corrected chi connectivity index (χ4v) is 2.68. The maximum absolute atomic E-state index is 12.8. The first-order valence-corrected chi connectivity index (χ1v) is 7.29. The number of nitrogens with one attached hydrogen (secondary N) is 1. The third-order valence-corrected chi connectivity index (χ3v) is 3.86. The summed E-state index contributed by atoms with van der Waals surface area (Å²) in [4.78, 5) is 29.2. The number of ether oxygens (including phenoxy) is 1. The standard InChI is InChI=1S/C16H16N4O4/c1-9-4-3-5-20-13(9)18-14-11(15(20)22)8-10(16(23)24-2)12(17)19(14)6-7-21/h3-5,8,17,21H,6-7H2,1-2H3. The van der Waals surface area contributed by atoms with Crippen LogP contribution in [0.4, 0.5) is 0 Å². The van der Waals surface area contributed by atoms with E-state index in [1.54, 1.807) is 12.3 Å². The predicted molar refractivity (Wildman–Crippen MR) is 86.0 cm³/mol. The molecule has 8 nitrogen and oxygen atoms in total. The van der Waals surface area contributed by atoms with Crippen molar-refractivity contribution in [1.82, 2.24) is 14.0 Å². The van der Waals surface area contributed by atoms with Crippen LogP contribution in [0.15, 0.2) is 29.2 Å². The largest absolute Gasteiger partial charge is 0.465 e. The zero-order valence-electron chi connectivity index (χ0n) is 13.2. The molecule has 0 bridgehead atoms. The van der Waals surface area contributed by atoms with Crippen molar-refractivity contribution in [3.8, 4) is 0 Å². The van der Waals surface area contributed by atoms with E-state index in [4.69, 9.17) is 5.41 Å². The van der Waals surface area contributed by atoms with Gasteiger partial charge in [-0.2, -0.15) is 0 Å². The molecule has 0 aliphatic rings. The molecule has 0 radical (unpaired) electrons. The number of aromatic nitrogens is 3. The SMILES string of the molecule is COC(=O)c1cc2c(=O)n3cccc(C)c3nc2n(CCO)c1=N. The molecule has 0 fully saturated rings. The number of hydrogen-bond donors (Lipinski definition) is 2. The summed E-state index contributed by atoms with van der Waals surface area (Å²) >= 11 is 0. The van der Waals surface area contributed by atoms with Gasteiger partial charge in [-0.05, 0) is 24.6 Å². The van der Waals surface area contributed by atoms with E-state index < -0.39 is 5.97 Å². The summed E-state index contributed by atoms with van der Waals surface area (Å²) in [6, 6.07) is 4.88. The summed E-state index contributed by atoms with van der Waals surface area (Å²) in [5.41, 5.74) is 0.956. The minimum absolute atomic E-state index is 0.0364. The minimum atomic E-state index is -0.720. The summed E-state index contributed by atoms with van der Waals surface area (Å²) in [5.74, 6) is -0.720. The number of aryl methyl sites for hydroxylation is 1. The van der Waals surface area contributed by atoms with Crippen molar-refractivity contribution in [3.63, 3.8) is 0 Å². The van der Waals surface area contributed by atoms with Crippen LogP contribution in [0, 0.1) is 12.3 Å². The second-order valence-corrected chi connectivity index (χ2v) is 5.31. The van der Waals surface area contributed by atoms with Crippen molar-refractivity contribution >= 4 is 22.6 Å². The Balaban J connectivity index is 2.56. The molecule has 2 N–H and O–H groups in total. The van der Waals surface area contributed by atoms with Gasteiger partial charge >= 0.3 is 5.97 Å². The minimum Gasteiger partial charge on any atom is -0.465 e. The number of nitrogens with zero attached hydrogens (tertiary/aromatic N) is 3. The molecule has 0 saturated carbocycles. The highest BCUT2D eigenvalue weighted by Gasteiger charge is 2.17. The number of pyridine rings is 2. The van der Waals surface area contributed by atoms with Gasteiger partial charge in [0.25, 0.3) is 5.56 Å². The molecule has 0 aliphatic carbocycles. The van der Waals surface area contributed by atoms with Crippen molar-refractivity contribution in [3.05, 3.63) is 51.4 Å². The average molecular weight is 328 g/mol. The van der Waals surface area contributed by atoms with Gasteiger partial charge in [0.2, 0.25) is 0 Å². The number of hydrogen-bond acceptors (Lipinski definition) is 6. The lowest BCUT2D eigenvalue weighted by Crippen LogP contribution is -2.31. The number of aliphatic hydroxyl groups excluding tert-OH is 1. The highest BCUT2D eigenvalue weighted by molar-refractivity contribution is 5.93. The molecule has 124 valence electrons. The van der Waals surface area contributed by atoms with E-state index >= 15 is 0 Å². The van der Waals surface area contributed by atoms with Crippen LogP contribution in [-0.4, -0.2) is 38.7 Å². The van der Waals surface area contributed by atoms with Gasteiger partial charge in [-0.15, -0.1) is 0 Å². The fourth-order valence-electron chi connectivity index (χ4n) is 2.68. The Kier molecular flexibility index (Phi) is 3.90. The van der Waals surface area contributed by atoms with Gasteiger partial charge in [0.05, 0.1) is 19.1 Å². The maximum atomic E-state index is 12.8. The first-order valence-electron chi connectivity index (χ1n) is 7.29. The van der Waals surface area contributed by atoms with Crippen LogP contribution >= 0.6 is 0 Å². The van der Waals surface area contributed by atoms with Crippen LogP contribution in [0.3, 0.4) is 0 Å².